The fraction of sp³-hybridized carbons (Fsp3) is 0.235. The minimum absolute atomic E-state index is 0.000889. The average Bonchev–Trinajstić information content (AvgIpc) is 3.26. The third kappa shape index (κ3) is 2.47. The zero-order valence-electron chi connectivity index (χ0n) is 12.3. The molecular formula is C17H12BrF3N2O. The SMILES string of the molecule is O=C1N(Cc2cc(F)ccc2F)C2CC2N1c1ccc(Br)c(F)c1. The molecule has 2 unspecified atom stereocenters. The molecular weight excluding hydrogens is 385 g/mol. The number of hydrogen-bond acceptors (Lipinski definition) is 1. The van der Waals surface area contributed by atoms with Gasteiger partial charge in [0, 0.05) is 11.3 Å². The van der Waals surface area contributed by atoms with Crippen LogP contribution in [-0.2, 0) is 6.54 Å². The van der Waals surface area contributed by atoms with Crippen LogP contribution in [0.25, 0.3) is 0 Å². The number of nitrogens with zero attached hydrogens (tertiary/aromatic N) is 2. The lowest BCUT2D eigenvalue weighted by Gasteiger charge is -2.23. The molecule has 2 atom stereocenters. The van der Waals surface area contributed by atoms with Crippen LogP contribution >= 0.6 is 15.9 Å². The van der Waals surface area contributed by atoms with Crippen LogP contribution in [-0.4, -0.2) is 23.0 Å². The van der Waals surface area contributed by atoms with Gasteiger partial charge in [0.05, 0.1) is 23.1 Å². The fourth-order valence-electron chi connectivity index (χ4n) is 3.17. The molecule has 2 fully saturated rings. The van der Waals surface area contributed by atoms with Crippen LogP contribution in [0.4, 0.5) is 23.7 Å². The van der Waals surface area contributed by atoms with E-state index >= 15 is 0 Å². The highest BCUT2D eigenvalue weighted by atomic mass is 79.9. The molecule has 2 aliphatic rings. The molecule has 1 saturated carbocycles. The van der Waals surface area contributed by atoms with Gasteiger partial charge in [0.15, 0.2) is 0 Å². The van der Waals surface area contributed by atoms with Crippen molar-refractivity contribution in [3.63, 3.8) is 0 Å². The topological polar surface area (TPSA) is 23.6 Å². The number of amides is 2. The van der Waals surface area contributed by atoms with Crippen LogP contribution in [0.3, 0.4) is 0 Å². The van der Waals surface area contributed by atoms with Crippen LogP contribution < -0.4 is 4.90 Å². The summed E-state index contributed by atoms with van der Waals surface area (Å²) in [7, 11) is 0. The van der Waals surface area contributed by atoms with E-state index in [0.717, 1.165) is 24.6 Å². The summed E-state index contributed by atoms with van der Waals surface area (Å²) in [6.07, 6.45) is 0.736. The Morgan fingerprint density at radius 1 is 1.04 bits per heavy atom. The molecule has 1 aliphatic carbocycles. The van der Waals surface area contributed by atoms with Crippen molar-refractivity contribution in [2.75, 3.05) is 4.90 Å². The van der Waals surface area contributed by atoms with E-state index in [9.17, 15) is 18.0 Å². The highest BCUT2D eigenvalue weighted by Crippen LogP contribution is 2.44. The molecule has 24 heavy (non-hydrogen) atoms. The molecule has 2 aromatic carbocycles. The predicted molar refractivity (Wildman–Crippen MR) is 86.1 cm³/mol. The number of anilines is 1. The first-order valence-corrected chi connectivity index (χ1v) is 8.24. The largest absolute Gasteiger partial charge is 0.325 e. The Balaban J connectivity index is 1.61. The lowest BCUT2D eigenvalue weighted by Crippen LogP contribution is -2.36. The van der Waals surface area contributed by atoms with Gasteiger partial charge < -0.3 is 4.90 Å². The second kappa shape index (κ2) is 5.51. The van der Waals surface area contributed by atoms with E-state index in [2.05, 4.69) is 15.9 Å². The Morgan fingerprint density at radius 2 is 1.83 bits per heavy atom. The highest BCUT2D eigenvalue weighted by Gasteiger charge is 2.57. The van der Waals surface area contributed by atoms with Gasteiger partial charge in [-0.2, -0.15) is 0 Å². The standard InChI is InChI=1S/C17H12BrF3N2O/c18-12-3-2-11(6-14(12)21)23-16-7-15(16)22(17(23)24)8-9-5-10(19)1-4-13(9)20/h1-6,15-16H,7-8H2. The predicted octanol–water partition coefficient (Wildman–Crippen LogP) is 4.45. The van der Waals surface area contributed by atoms with Crippen molar-refractivity contribution >= 4 is 27.6 Å². The van der Waals surface area contributed by atoms with Crippen molar-refractivity contribution in [3.05, 3.63) is 63.9 Å². The number of halogens is 4. The molecule has 1 heterocycles. The maximum absolute atomic E-state index is 13.8. The number of benzene rings is 2. The van der Waals surface area contributed by atoms with Crippen LogP contribution in [0, 0.1) is 17.5 Å². The summed E-state index contributed by atoms with van der Waals surface area (Å²) >= 11 is 3.08. The van der Waals surface area contributed by atoms with Gasteiger partial charge in [0.25, 0.3) is 0 Å². The molecule has 7 heteroatoms. The second-order valence-electron chi connectivity index (χ2n) is 5.99. The fourth-order valence-corrected chi connectivity index (χ4v) is 3.42. The van der Waals surface area contributed by atoms with Gasteiger partial charge in [0.2, 0.25) is 0 Å². The van der Waals surface area contributed by atoms with E-state index in [0.29, 0.717) is 10.2 Å². The maximum Gasteiger partial charge on any atom is 0.325 e. The van der Waals surface area contributed by atoms with Crippen molar-refractivity contribution in [2.24, 2.45) is 0 Å². The third-order valence-electron chi connectivity index (χ3n) is 4.44. The Hall–Kier alpha value is -2.02. The van der Waals surface area contributed by atoms with E-state index in [1.54, 1.807) is 12.1 Å². The summed E-state index contributed by atoms with van der Waals surface area (Å²) in [5, 5.41) is 0. The summed E-state index contributed by atoms with van der Waals surface area (Å²) in [6.45, 7) is -0.000889. The number of urea groups is 1. The molecule has 2 aromatic rings. The molecule has 0 radical (unpaired) electrons. The van der Waals surface area contributed by atoms with Gasteiger partial charge >= 0.3 is 6.03 Å². The summed E-state index contributed by atoms with van der Waals surface area (Å²) in [6, 6.07) is 7.28. The quantitative estimate of drug-likeness (QED) is 0.751. The summed E-state index contributed by atoms with van der Waals surface area (Å²) in [4.78, 5) is 15.7. The normalized spacial score (nSPS) is 22.1. The zero-order valence-corrected chi connectivity index (χ0v) is 13.9. The molecule has 2 amide bonds. The molecule has 0 bridgehead atoms. The van der Waals surface area contributed by atoms with E-state index in [-0.39, 0.29) is 30.2 Å². The van der Waals surface area contributed by atoms with Crippen molar-refractivity contribution < 1.29 is 18.0 Å². The second-order valence-corrected chi connectivity index (χ2v) is 6.84. The van der Waals surface area contributed by atoms with E-state index in [4.69, 9.17) is 0 Å². The molecule has 3 nitrogen and oxygen atoms in total. The number of carbonyl (C=O) groups excluding carboxylic acids is 1. The smallest absolute Gasteiger partial charge is 0.315 e. The molecule has 4 rings (SSSR count). The first kappa shape index (κ1) is 15.5. The van der Waals surface area contributed by atoms with Gasteiger partial charge in [-0.15, -0.1) is 0 Å². The summed E-state index contributed by atoms with van der Waals surface area (Å²) < 4.78 is 41.2. The number of rotatable bonds is 3. The van der Waals surface area contributed by atoms with E-state index in [1.807, 2.05) is 0 Å². The first-order valence-electron chi connectivity index (χ1n) is 7.44. The van der Waals surface area contributed by atoms with Gasteiger partial charge in [-0.1, -0.05) is 0 Å². The van der Waals surface area contributed by atoms with Crippen molar-refractivity contribution in [2.45, 2.75) is 25.0 Å². The Bertz CT molecular complexity index is 845. The van der Waals surface area contributed by atoms with Gasteiger partial charge in [-0.25, -0.2) is 18.0 Å². The first-order chi connectivity index (χ1) is 11.5. The lowest BCUT2D eigenvalue weighted by atomic mass is 10.2. The summed E-state index contributed by atoms with van der Waals surface area (Å²) in [5.74, 6) is -1.54. The van der Waals surface area contributed by atoms with Crippen molar-refractivity contribution in [3.8, 4) is 0 Å². The van der Waals surface area contributed by atoms with E-state index < -0.39 is 17.5 Å². The Labute approximate surface area is 144 Å². The number of carbonyl (C=O) groups is 1. The van der Waals surface area contributed by atoms with Crippen LogP contribution in [0.5, 0.6) is 0 Å². The Morgan fingerprint density at radius 3 is 2.58 bits per heavy atom. The van der Waals surface area contributed by atoms with Gasteiger partial charge in [-0.05, 0) is 58.7 Å². The monoisotopic (exact) mass is 396 g/mol. The van der Waals surface area contributed by atoms with Crippen LogP contribution in [0.15, 0.2) is 40.9 Å². The van der Waals surface area contributed by atoms with Crippen LogP contribution in [0.1, 0.15) is 12.0 Å². The number of hydrogen-bond donors (Lipinski definition) is 0. The molecule has 1 saturated heterocycles. The van der Waals surface area contributed by atoms with Crippen LogP contribution in [0.2, 0.25) is 0 Å². The minimum Gasteiger partial charge on any atom is -0.315 e. The lowest BCUT2D eigenvalue weighted by molar-refractivity contribution is 0.209. The van der Waals surface area contributed by atoms with Crippen molar-refractivity contribution in [1.82, 2.24) is 4.90 Å². The van der Waals surface area contributed by atoms with Gasteiger partial charge in [-0.3, -0.25) is 4.90 Å². The maximum atomic E-state index is 13.8. The third-order valence-corrected chi connectivity index (χ3v) is 5.08. The van der Waals surface area contributed by atoms with E-state index in [1.165, 1.54) is 15.9 Å². The molecule has 0 N–H and O–H groups in total. The highest BCUT2D eigenvalue weighted by molar-refractivity contribution is 9.10. The number of fused-ring (bicyclic) bond motifs is 1. The van der Waals surface area contributed by atoms with Gasteiger partial charge in [0.1, 0.15) is 17.5 Å². The average molecular weight is 397 g/mol. The molecule has 124 valence electrons. The Kier molecular flexibility index (Phi) is 3.56. The zero-order chi connectivity index (χ0) is 17.0. The molecule has 1 aliphatic heterocycles. The molecule has 0 aromatic heterocycles. The van der Waals surface area contributed by atoms with Crippen molar-refractivity contribution in [1.29, 1.82) is 0 Å². The minimum atomic E-state index is -0.547. The summed E-state index contributed by atoms with van der Waals surface area (Å²) in [5.41, 5.74) is 0.605. The molecule has 0 spiro atoms.